The van der Waals surface area contributed by atoms with Gasteiger partial charge in [0.25, 0.3) is 5.91 Å². The number of nitrogens with one attached hydrogen (secondary N) is 1. The van der Waals surface area contributed by atoms with Crippen LogP contribution in [-0.2, 0) is 6.54 Å². The molecule has 0 radical (unpaired) electrons. The third-order valence-electron chi connectivity index (χ3n) is 5.77. The van der Waals surface area contributed by atoms with Crippen LogP contribution in [0.25, 0.3) is 0 Å². The summed E-state index contributed by atoms with van der Waals surface area (Å²) in [5.74, 6) is 0.00567. The van der Waals surface area contributed by atoms with E-state index in [-0.39, 0.29) is 11.9 Å². The van der Waals surface area contributed by atoms with E-state index in [4.69, 9.17) is 0 Å². The van der Waals surface area contributed by atoms with Crippen LogP contribution < -0.4 is 5.32 Å². The highest BCUT2D eigenvalue weighted by Crippen LogP contribution is 2.28. The largest absolute Gasteiger partial charge is 0.350 e. The van der Waals surface area contributed by atoms with E-state index in [0.717, 1.165) is 35.7 Å². The molecular formula is C23H28N4OS. The highest BCUT2D eigenvalue weighted by molar-refractivity contribution is 7.10. The molecule has 0 aromatic carbocycles. The van der Waals surface area contributed by atoms with Crippen molar-refractivity contribution >= 4 is 17.2 Å². The molecule has 4 rings (SSSR count). The zero-order chi connectivity index (χ0) is 20.2. The quantitative estimate of drug-likeness (QED) is 0.638. The van der Waals surface area contributed by atoms with Gasteiger partial charge in [0.05, 0.1) is 23.8 Å². The summed E-state index contributed by atoms with van der Waals surface area (Å²) in [4.78, 5) is 21.3. The van der Waals surface area contributed by atoms with Crippen molar-refractivity contribution in [1.29, 1.82) is 0 Å². The molecule has 1 amide bonds. The normalized spacial score (nSPS) is 15.5. The summed E-state index contributed by atoms with van der Waals surface area (Å²) >= 11 is 1.77. The standard InChI is InChI=1S/C23H28N4OS/c1-17-14-20(18(2)27(17)16-19-8-3-4-10-24-19)23(28)25-15-21(22-9-7-13-29-22)26-11-5-6-12-26/h3-4,7-10,13-14,21H,5-6,11-12,15-16H2,1-2H3,(H,25,28). The molecule has 1 fully saturated rings. The number of aryl methyl sites for hydroxylation is 1. The minimum atomic E-state index is 0.00567. The molecule has 0 aliphatic carbocycles. The van der Waals surface area contributed by atoms with Crippen molar-refractivity contribution in [2.75, 3.05) is 19.6 Å². The van der Waals surface area contributed by atoms with Gasteiger partial charge >= 0.3 is 0 Å². The summed E-state index contributed by atoms with van der Waals surface area (Å²) in [6, 6.07) is 12.5. The number of hydrogen-bond acceptors (Lipinski definition) is 4. The summed E-state index contributed by atoms with van der Waals surface area (Å²) in [5, 5.41) is 5.32. The maximum absolute atomic E-state index is 13.0. The van der Waals surface area contributed by atoms with Crippen LogP contribution in [0.4, 0.5) is 0 Å². The molecule has 0 saturated carbocycles. The second-order valence-electron chi connectivity index (χ2n) is 7.68. The van der Waals surface area contributed by atoms with E-state index in [1.54, 1.807) is 17.5 Å². The first-order valence-corrected chi connectivity index (χ1v) is 11.1. The number of nitrogens with zero attached hydrogens (tertiary/aromatic N) is 3. The average Bonchev–Trinajstić information content (AvgIpc) is 3.49. The van der Waals surface area contributed by atoms with E-state index >= 15 is 0 Å². The minimum Gasteiger partial charge on any atom is -0.350 e. The number of rotatable bonds is 7. The molecule has 1 N–H and O–H groups in total. The van der Waals surface area contributed by atoms with Crippen molar-refractivity contribution in [3.05, 3.63) is 75.5 Å². The highest BCUT2D eigenvalue weighted by atomic mass is 32.1. The second-order valence-corrected chi connectivity index (χ2v) is 8.66. The van der Waals surface area contributed by atoms with Crippen molar-refractivity contribution < 1.29 is 4.79 Å². The fraction of sp³-hybridized carbons (Fsp3) is 0.391. The fourth-order valence-electron chi connectivity index (χ4n) is 4.16. The number of aromatic nitrogens is 2. The van der Waals surface area contributed by atoms with E-state index in [0.29, 0.717) is 13.1 Å². The van der Waals surface area contributed by atoms with Crippen LogP contribution in [0.2, 0.25) is 0 Å². The van der Waals surface area contributed by atoms with Crippen LogP contribution in [0.3, 0.4) is 0 Å². The number of pyridine rings is 1. The van der Waals surface area contributed by atoms with Gasteiger partial charge < -0.3 is 9.88 Å². The molecule has 1 aliphatic rings. The molecule has 0 bridgehead atoms. The van der Waals surface area contributed by atoms with Gasteiger partial charge in [-0.05, 0) is 69.4 Å². The van der Waals surface area contributed by atoms with E-state index < -0.39 is 0 Å². The Hall–Kier alpha value is -2.44. The topological polar surface area (TPSA) is 50.2 Å². The van der Waals surface area contributed by atoms with Gasteiger partial charge in [-0.2, -0.15) is 0 Å². The predicted octanol–water partition coefficient (Wildman–Crippen LogP) is 4.18. The third-order valence-corrected chi connectivity index (χ3v) is 6.75. The molecule has 3 aromatic heterocycles. The molecule has 6 heteroatoms. The summed E-state index contributed by atoms with van der Waals surface area (Å²) in [6.07, 6.45) is 4.29. The fourth-order valence-corrected chi connectivity index (χ4v) is 5.02. The number of carbonyl (C=O) groups is 1. The first-order valence-electron chi connectivity index (χ1n) is 10.3. The Morgan fingerprint density at radius 1 is 1.21 bits per heavy atom. The Bertz CT molecular complexity index is 943. The summed E-state index contributed by atoms with van der Waals surface area (Å²) in [7, 11) is 0. The molecule has 1 saturated heterocycles. The maximum atomic E-state index is 13.0. The Kier molecular flexibility index (Phi) is 6.11. The van der Waals surface area contributed by atoms with Crippen LogP contribution >= 0.6 is 11.3 Å². The lowest BCUT2D eigenvalue weighted by molar-refractivity contribution is 0.0937. The second kappa shape index (κ2) is 8.93. The molecule has 152 valence electrons. The Morgan fingerprint density at radius 2 is 2.03 bits per heavy atom. The van der Waals surface area contributed by atoms with Gasteiger partial charge in [0.15, 0.2) is 0 Å². The van der Waals surface area contributed by atoms with Crippen LogP contribution in [0.15, 0.2) is 48.0 Å². The zero-order valence-corrected chi connectivity index (χ0v) is 17.9. The molecule has 0 spiro atoms. The van der Waals surface area contributed by atoms with E-state index in [1.165, 1.54) is 17.7 Å². The lowest BCUT2D eigenvalue weighted by atomic mass is 10.2. The van der Waals surface area contributed by atoms with E-state index in [9.17, 15) is 4.79 Å². The SMILES string of the molecule is Cc1cc(C(=O)NCC(c2cccs2)N2CCCC2)c(C)n1Cc1ccccn1. The first-order chi connectivity index (χ1) is 14.1. The molecule has 1 unspecified atom stereocenters. The molecular weight excluding hydrogens is 380 g/mol. The van der Waals surface area contributed by atoms with Gasteiger partial charge in [0.1, 0.15) is 0 Å². The molecule has 5 nitrogen and oxygen atoms in total. The van der Waals surface area contributed by atoms with Gasteiger partial charge in [0.2, 0.25) is 0 Å². The molecule has 29 heavy (non-hydrogen) atoms. The zero-order valence-electron chi connectivity index (χ0n) is 17.1. The van der Waals surface area contributed by atoms with Gasteiger partial charge in [-0.3, -0.25) is 14.7 Å². The molecule has 3 aromatic rings. The van der Waals surface area contributed by atoms with Crippen LogP contribution in [0.1, 0.15) is 51.2 Å². The van der Waals surface area contributed by atoms with Crippen LogP contribution in [0.5, 0.6) is 0 Å². The van der Waals surface area contributed by atoms with Crippen molar-refractivity contribution in [2.24, 2.45) is 0 Å². The number of amides is 1. The van der Waals surface area contributed by atoms with Crippen molar-refractivity contribution in [3.8, 4) is 0 Å². The lowest BCUT2D eigenvalue weighted by Crippen LogP contribution is -2.36. The predicted molar refractivity (Wildman–Crippen MR) is 117 cm³/mol. The number of hydrogen-bond donors (Lipinski definition) is 1. The number of carbonyl (C=O) groups excluding carboxylic acids is 1. The highest BCUT2D eigenvalue weighted by Gasteiger charge is 2.25. The Labute approximate surface area is 176 Å². The smallest absolute Gasteiger partial charge is 0.253 e. The van der Waals surface area contributed by atoms with Crippen molar-refractivity contribution in [2.45, 2.75) is 39.3 Å². The molecule has 1 aliphatic heterocycles. The summed E-state index contributed by atoms with van der Waals surface area (Å²) in [6.45, 7) is 7.60. The molecule has 4 heterocycles. The third kappa shape index (κ3) is 4.43. The van der Waals surface area contributed by atoms with Crippen LogP contribution in [0, 0.1) is 13.8 Å². The minimum absolute atomic E-state index is 0.00567. The van der Waals surface area contributed by atoms with Gasteiger partial charge in [-0.15, -0.1) is 11.3 Å². The number of thiophene rings is 1. The van der Waals surface area contributed by atoms with Gasteiger partial charge in [-0.25, -0.2) is 0 Å². The monoisotopic (exact) mass is 408 g/mol. The van der Waals surface area contributed by atoms with Crippen molar-refractivity contribution in [3.63, 3.8) is 0 Å². The van der Waals surface area contributed by atoms with E-state index in [2.05, 4.69) is 37.3 Å². The Balaban J connectivity index is 1.47. The number of likely N-dealkylation sites (tertiary alicyclic amines) is 1. The lowest BCUT2D eigenvalue weighted by Gasteiger charge is -2.27. The summed E-state index contributed by atoms with van der Waals surface area (Å²) in [5.41, 5.74) is 3.81. The maximum Gasteiger partial charge on any atom is 0.253 e. The first kappa shape index (κ1) is 19.9. The van der Waals surface area contributed by atoms with Gasteiger partial charge in [0, 0.05) is 29.0 Å². The van der Waals surface area contributed by atoms with Crippen LogP contribution in [-0.4, -0.2) is 40.0 Å². The van der Waals surface area contributed by atoms with E-state index in [1.807, 2.05) is 38.1 Å². The molecule has 1 atom stereocenters. The Morgan fingerprint density at radius 3 is 2.72 bits per heavy atom. The van der Waals surface area contributed by atoms with Crippen molar-refractivity contribution in [1.82, 2.24) is 19.8 Å². The van der Waals surface area contributed by atoms with Gasteiger partial charge in [-0.1, -0.05) is 12.1 Å². The summed E-state index contributed by atoms with van der Waals surface area (Å²) < 4.78 is 2.16. The average molecular weight is 409 g/mol.